The van der Waals surface area contributed by atoms with Gasteiger partial charge in [0.2, 0.25) is 6.79 Å². The van der Waals surface area contributed by atoms with E-state index in [2.05, 4.69) is 20.8 Å². The molecule has 1 aromatic heterocycles. The number of rotatable bonds is 6. The van der Waals surface area contributed by atoms with Crippen molar-refractivity contribution in [2.24, 2.45) is 0 Å². The van der Waals surface area contributed by atoms with Crippen LogP contribution in [0, 0.1) is 0 Å². The van der Waals surface area contributed by atoms with Crippen LogP contribution in [0.5, 0.6) is 17.2 Å². The molecule has 0 unspecified atom stereocenters. The number of hydrogen-bond donors (Lipinski definition) is 1. The lowest BCUT2D eigenvalue weighted by molar-refractivity contribution is 0.0949. The highest BCUT2D eigenvalue weighted by molar-refractivity contribution is 5.94. The molecule has 1 N–H and O–H groups in total. The predicted molar refractivity (Wildman–Crippen MR) is 94.1 cm³/mol. The van der Waals surface area contributed by atoms with E-state index in [1.54, 1.807) is 22.9 Å². The lowest BCUT2D eigenvalue weighted by Gasteiger charge is -2.08. The zero-order valence-corrected chi connectivity index (χ0v) is 14.6. The molecular formula is C18H17N5O4. The maximum atomic E-state index is 12.4. The van der Waals surface area contributed by atoms with Crippen LogP contribution in [-0.4, -0.2) is 39.5 Å². The first kappa shape index (κ1) is 16.8. The number of amides is 1. The lowest BCUT2D eigenvalue weighted by Crippen LogP contribution is -2.24. The molecule has 1 aliphatic heterocycles. The zero-order valence-electron chi connectivity index (χ0n) is 14.6. The van der Waals surface area contributed by atoms with Crippen LogP contribution in [0.1, 0.15) is 23.1 Å². The summed E-state index contributed by atoms with van der Waals surface area (Å²) in [4.78, 5) is 12.4. The average molecular weight is 367 g/mol. The Labute approximate surface area is 154 Å². The Hall–Kier alpha value is -3.62. The van der Waals surface area contributed by atoms with Gasteiger partial charge in [-0.15, -0.1) is 5.10 Å². The Morgan fingerprint density at radius 1 is 1.19 bits per heavy atom. The first-order valence-electron chi connectivity index (χ1n) is 8.43. The smallest absolute Gasteiger partial charge is 0.251 e. The van der Waals surface area contributed by atoms with Gasteiger partial charge in [0.1, 0.15) is 5.75 Å². The highest BCUT2D eigenvalue weighted by atomic mass is 16.7. The van der Waals surface area contributed by atoms with E-state index in [9.17, 15) is 4.79 Å². The van der Waals surface area contributed by atoms with E-state index in [-0.39, 0.29) is 19.2 Å². The minimum atomic E-state index is -0.255. The predicted octanol–water partition coefficient (Wildman–Crippen LogP) is 1.72. The zero-order chi connectivity index (χ0) is 18.6. The summed E-state index contributed by atoms with van der Waals surface area (Å²) < 4.78 is 17.5. The fraction of sp³-hybridized carbons (Fsp3) is 0.222. The molecule has 3 aromatic rings. The van der Waals surface area contributed by atoms with Crippen LogP contribution in [0.2, 0.25) is 0 Å². The maximum absolute atomic E-state index is 12.4. The molecule has 27 heavy (non-hydrogen) atoms. The first-order valence-corrected chi connectivity index (χ1v) is 8.43. The fourth-order valence-corrected chi connectivity index (χ4v) is 2.67. The number of tetrazole rings is 1. The quantitative estimate of drug-likeness (QED) is 0.708. The van der Waals surface area contributed by atoms with Gasteiger partial charge in [0, 0.05) is 5.56 Å². The van der Waals surface area contributed by atoms with Gasteiger partial charge in [-0.3, -0.25) is 4.79 Å². The second kappa shape index (κ2) is 7.32. The highest BCUT2D eigenvalue weighted by Gasteiger charge is 2.17. The maximum Gasteiger partial charge on any atom is 0.251 e. The number of carbonyl (C=O) groups is 1. The van der Waals surface area contributed by atoms with Crippen molar-refractivity contribution in [2.75, 3.05) is 13.4 Å². The van der Waals surface area contributed by atoms with Gasteiger partial charge in [-0.2, -0.15) is 4.68 Å². The van der Waals surface area contributed by atoms with Gasteiger partial charge in [-0.05, 0) is 59.8 Å². The summed E-state index contributed by atoms with van der Waals surface area (Å²) in [5.74, 6) is 2.21. The third-order valence-electron chi connectivity index (χ3n) is 3.97. The summed E-state index contributed by atoms with van der Waals surface area (Å²) >= 11 is 0. The van der Waals surface area contributed by atoms with Crippen molar-refractivity contribution in [3.63, 3.8) is 0 Å². The Morgan fingerprint density at radius 3 is 2.81 bits per heavy atom. The van der Waals surface area contributed by atoms with Gasteiger partial charge in [-0.1, -0.05) is 0 Å². The molecule has 2 heterocycles. The molecule has 9 heteroatoms. The van der Waals surface area contributed by atoms with Crippen LogP contribution in [0.25, 0.3) is 5.69 Å². The third-order valence-corrected chi connectivity index (χ3v) is 3.97. The summed E-state index contributed by atoms with van der Waals surface area (Å²) in [6.07, 6.45) is 0. The second-order valence-electron chi connectivity index (χ2n) is 5.68. The molecule has 0 radical (unpaired) electrons. The number of benzene rings is 2. The molecule has 0 fully saturated rings. The Kier molecular flexibility index (Phi) is 4.56. The van der Waals surface area contributed by atoms with Gasteiger partial charge in [0.25, 0.3) is 5.91 Å². The van der Waals surface area contributed by atoms with Crippen LogP contribution in [0.4, 0.5) is 0 Å². The summed E-state index contributed by atoms with van der Waals surface area (Å²) in [5.41, 5.74) is 1.25. The number of carbonyl (C=O) groups excluding carboxylic acids is 1. The summed E-state index contributed by atoms with van der Waals surface area (Å²) in [6, 6.07) is 12.4. The molecule has 0 bridgehead atoms. The van der Waals surface area contributed by atoms with E-state index in [0.29, 0.717) is 29.5 Å². The van der Waals surface area contributed by atoms with Gasteiger partial charge in [-0.25, -0.2) is 0 Å². The Bertz CT molecular complexity index is 955. The molecule has 0 atom stereocenters. The van der Waals surface area contributed by atoms with Crippen molar-refractivity contribution >= 4 is 5.91 Å². The number of fused-ring (bicyclic) bond motifs is 1. The summed E-state index contributed by atoms with van der Waals surface area (Å²) in [7, 11) is 0. The van der Waals surface area contributed by atoms with Crippen LogP contribution >= 0.6 is 0 Å². The second-order valence-corrected chi connectivity index (χ2v) is 5.68. The van der Waals surface area contributed by atoms with Crippen LogP contribution in [0.3, 0.4) is 0 Å². The minimum Gasteiger partial charge on any atom is -0.494 e. The number of ether oxygens (including phenoxy) is 3. The SMILES string of the molecule is CCOc1ccc(-n2nnnc2CNC(=O)c2ccc3c(c2)OCO3)cc1. The molecule has 0 spiro atoms. The van der Waals surface area contributed by atoms with Crippen molar-refractivity contribution in [3.05, 3.63) is 53.9 Å². The number of hydrogen-bond acceptors (Lipinski definition) is 7. The van der Waals surface area contributed by atoms with Gasteiger partial charge >= 0.3 is 0 Å². The largest absolute Gasteiger partial charge is 0.494 e. The number of aromatic nitrogens is 4. The van der Waals surface area contributed by atoms with E-state index in [1.165, 1.54) is 0 Å². The van der Waals surface area contributed by atoms with Gasteiger partial charge in [0.05, 0.1) is 18.8 Å². The van der Waals surface area contributed by atoms with E-state index in [4.69, 9.17) is 14.2 Å². The topological polar surface area (TPSA) is 100 Å². The molecule has 2 aromatic carbocycles. The Balaban J connectivity index is 1.45. The molecule has 9 nitrogen and oxygen atoms in total. The fourth-order valence-electron chi connectivity index (χ4n) is 2.67. The van der Waals surface area contributed by atoms with E-state index < -0.39 is 0 Å². The van der Waals surface area contributed by atoms with Gasteiger partial charge in [0.15, 0.2) is 17.3 Å². The highest BCUT2D eigenvalue weighted by Crippen LogP contribution is 2.32. The van der Waals surface area contributed by atoms with Crippen molar-refractivity contribution in [1.29, 1.82) is 0 Å². The van der Waals surface area contributed by atoms with Crippen molar-refractivity contribution in [3.8, 4) is 22.9 Å². The van der Waals surface area contributed by atoms with E-state index >= 15 is 0 Å². The van der Waals surface area contributed by atoms with E-state index in [0.717, 1.165) is 11.4 Å². The monoisotopic (exact) mass is 367 g/mol. The molecule has 0 aliphatic carbocycles. The third kappa shape index (κ3) is 3.52. The standard InChI is InChI=1S/C18H17N5O4/c1-2-25-14-6-4-13(5-7-14)23-17(20-21-22-23)10-19-18(24)12-3-8-15-16(9-12)27-11-26-15/h3-9H,2,10-11H2,1H3,(H,19,24). The number of nitrogens with zero attached hydrogens (tertiary/aromatic N) is 4. The molecule has 4 rings (SSSR count). The molecule has 0 saturated heterocycles. The van der Waals surface area contributed by atoms with E-state index in [1.807, 2.05) is 31.2 Å². The molecular weight excluding hydrogens is 350 g/mol. The van der Waals surface area contributed by atoms with Crippen LogP contribution in [-0.2, 0) is 6.54 Å². The van der Waals surface area contributed by atoms with Crippen LogP contribution < -0.4 is 19.5 Å². The van der Waals surface area contributed by atoms with Gasteiger partial charge < -0.3 is 19.5 Å². The molecule has 0 saturated carbocycles. The summed E-state index contributed by atoms with van der Waals surface area (Å²) in [5, 5.41) is 14.5. The lowest BCUT2D eigenvalue weighted by atomic mass is 10.2. The molecule has 1 amide bonds. The minimum absolute atomic E-state index is 0.164. The van der Waals surface area contributed by atoms with Crippen molar-refractivity contribution < 1.29 is 19.0 Å². The Morgan fingerprint density at radius 2 is 2.00 bits per heavy atom. The van der Waals surface area contributed by atoms with Crippen molar-refractivity contribution in [2.45, 2.75) is 13.5 Å². The number of nitrogens with one attached hydrogen (secondary N) is 1. The molecule has 1 aliphatic rings. The first-order chi connectivity index (χ1) is 13.2. The normalized spacial score (nSPS) is 12.0. The molecule has 138 valence electrons. The van der Waals surface area contributed by atoms with Crippen molar-refractivity contribution in [1.82, 2.24) is 25.5 Å². The van der Waals surface area contributed by atoms with Crippen LogP contribution in [0.15, 0.2) is 42.5 Å². The average Bonchev–Trinajstić information content (AvgIpc) is 3.35. The summed E-state index contributed by atoms with van der Waals surface area (Å²) in [6.45, 7) is 2.86.